The highest BCUT2D eigenvalue weighted by Gasteiger charge is 2.17. The highest BCUT2D eigenvalue weighted by molar-refractivity contribution is 7.92. The van der Waals surface area contributed by atoms with Gasteiger partial charge in [0.1, 0.15) is 23.1 Å². The highest BCUT2D eigenvalue weighted by Crippen LogP contribution is 2.21. The molecule has 1 N–H and O–H groups in total. The second-order valence-corrected chi connectivity index (χ2v) is 10.3. The van der Waals surface area contributed by atoms with Crippen molar-refractivity contribution in [2.24, 2.45) is 0 Å². The average molecular weight is 499 g/mol. The van der Waals surface area contributed by atoms with Crippen LogP contribution in [0.1, 0.15) is 17.5 Å². The number of sulfone groups is 1. The summed E-state index contributed by atoms with van der Waals surface area (Å²) in [6.45, 7) is 3.01. The fraction of sp³-hybridized carbons (Fsp3) is 0.217. The smallest absolute Gasteiger partial charge is 0.268 e. The number of aromatic nitrogens is 2. The summed E-state index contributed by atoms with van der Waals surface area (Å²) in [6, 6.07) is 16.6. The van der Waals surface area contributed by atoms with Gasteiger partial charge in [0.25, 0.3) is 5.91 Å². The molecule has 176 valence electrons. The van der Waals surface area contributed by atoms with Crippen molar-refractivity contribution in [3.63, 3.8) is 0 Å². The van der Waals surface area contributed by atoms with Crippen molar-refractivity contribution in [1.82, 2.24) is 10.2 Å². The summed E-state index contributed by atoms with van der Waals surface area (Å²) < 4.78 is 34.2. The normalized spacial score (nSPS) is 11.5. The van der Waals surface area contributed by atoms with Gasteiger partial charge in [0, 0.05) is 12.7 Å². The quantitative estimate of drug-likeness (QED) is 0.194. The number of amides is 1. The van der Waals surface area contributed by atoms with Crippen LogP contribution in [0, 0.1) is 18.3 Å². The van der Waals surface area contributed by atoms with Gasteiger partial charge >= 0.3 is 0 Å². The zero-order chi connectivity index (χ0) is 24.6. The molecule has 0 spiro atoms. The summed E-state index contributed by atoms with van der Waals surface area (Å²) in [5.41, 5.74) is 1.54. The molecule has 1 amide bonds. The van der Waals surface area contributed by atoms with Gasteiger partial charge in [-0.1, -0.05) is 41.7 Å². The average Bonchev–Trinajstić information content (AvgIpc) is 3.28. The Hall–Kier alpha value is -3.75. The zero-order valence-electron chi connectivity index (χ0n) is 18.5. The molecule has 1 heterocycles. The van der Waals surface area contributed by atoms with Crippen molar-refractivity contribution in [1.29, 1.82) is 5.26 Å². The van der Waals surface area contributed by atoms with Gasteiger partial charge in [-0.2, -0.15) is 5.26 Å². The molecular weight excluding hydrogens is 476 g/mol. The van der Waals surface area contributed by atoms with E-state index in [4.69, 9.17) is 9.47 Å². The number of carbonyl (C=O) groups excluding carboxylic acids is 1. The van der Waals surface area contributed by atoms with Crippen LogP contribution in [0.25, 0.3) is 6.08 Å². The van der Waals surface area contributed by atoms with Crippen molar-refractivity contribution in [2.75, 3.05) is 24.8 Å². The monoisotopic (exact) mass is 498 g/mol. The van der Waals surface area contributed by atoms with Crippen LogP contribution in [0.5, 0.6) is 11.5 Å². The molecule has 0 aliphatic rings. The zero-order valence-corrected chi connectivity index (χ0v) is 20.1. The number of aryl methyl sites for hydroxylation is 1. The molecule has 11 heteroatoms. The van der Waals surface area contributed by atoms with Gasteiger partial charge in [-0.05, 0) is 42.3 Å². The molecule has 3 rings (SSSR count). The molecule has 0 bridgehead atoms. The van der Waals surface area contributed by atoms with E-state index in [0.29, 0.717) is 42.3 Å². The molecule has 3 aromatic rings. The van der Waals surface area contributed by atoms with Crippen molar-refractivity contribution in [3.8, 4) is 17.6 Å². The number of nitriles is 1. The minimum absolute atomic E-state index is 0.0123. The fourth-order valence-corrected chi connectivity index (χ4v) is 4.20. The summed E-state index contributed by atoms with van der Waals surface area (Å²) in [5, 5.41) is 18.9. The number of nitrogens with one attached hydrogen (secondary N) is 1. The number of anilines is 1. The molecule has 0 atom stereocenters. The molecule has 0 saturated carbocycles. The number of para-hydroxylation sites is 1. The standard InChI is InChI=1S/C23H22N4O5S2/c1-16-6-3-4-7-20(16)32-13-5-12-31-19-10-8-17(9-11-19)14-18(15-24)21(28)25-22-26-27-23(33-22)34(2,29)30/h3-4,6-11,14H,5,12-13H2,1-2H3,(H,25,26,28). The van der Waals surface area contributed by atoms with Gasteiger partial charge in [-0.25, -0.2) is 8.42 Å². The first-order valence-electron chi connectivity index (χ1n) is 10.1. The van der Waals surface area contributed by atoms with Gasteiger partial charge in [0.15, 0.2) is 0 Å². The third kappa shape index (κ3) is 7.13. The Labute approximate surface area is 201 Å². The predicted octanol–water partition coefficient (Wildman–Crippen LogP) is 3.64. The Morgan fingerprint density at radius 2 is 1.82 bits per heavy atom. The second-order valence-electron chi connectivity index (χ2n) is 7.15. The Morgan fingerprint density at radius 3 is 2.47 bits per heavy atom. The van der Waals surface area contributed by atoms with Crippen molar-refractivity contribution >= 4 is 38.3 Å². The number of rotatable bonds is 10. The molecule has 0 unspecified atom stereocenters. The largest absolute Gasteiger partial charge is 0.493 e. The number of nitrogens with zero attached hydrogens (tertiary/aromatic N) is 3. The third-order valence-corrected chi connectivity index (χ3v) is 6.92. The Kier molecular flexibility index (Phi) is 8.34. The van der Waals surface area contributed by atoms with E-state index in [1.54, 1.807) is 24.3 Å². The van der Waals surface area contributed by atoms with Gasteiger partial charge in [0.2, 0.25) is 19.3 Å². The van der Waals surface area contributed by atoms with E-state index in [1.165, 1.54) is 6.08 Å². The van der Waals surface area contributed by atoms with Crippen LogP contribution >= 0.6 is 11.3 Å². The highest BCUT2D eigenvalue weighted by atomic mass is 32.2. The second kappa shape index (κ2) is 11.4. The maximum absolute atomic E-state index is 12.4. The maximum atomic E-state index is 12.4. The molecule has 1 aromatic heterocycles. The number of ether oxygens (including phenoxy) is 2. The van der Waals surface area contributed by atoms with Gasteiger partial charge in [-0.3, -0.25) is 10.1 Å². The van der Waals surface area contributed by atoms with E-state index in [0.717, 1.165) is 17.6 Å². The molecule has 0 radical (unpaired) electrons. The summed E-state index contributed by atoms with van der Waals surface area (Å²) in [6.07, 6.45) is 3.11. The number of carbonyl (C=O) groups is 1. The van der Waals surface area contributed by atoms with Crippen LogP contribution in [0.2, 0.25) is 0 Å². The molecule has 2 aromatic carbocycles. The Balaban J connectivity index is 1.51. The predicted molar refractivity (Wildman–Crippen MR) is 128 cm³/mol. The Bertz CT molecular complexity index is 1330. The fourth-order valence-electron chi connectivity index (χ4n) is 2.70. The van der Waals surface area contributed by atoms with Gasteiger partial charge in [-0.15, -0.1) is 10.2 Å². The third-order valence-electron chi connectivity index (χ3n) is 4.41. The van der Waals surface area contributed by atoms with Crippen LogP contribution in [-0.2, 0) is 14.6 Å². The van der Waals surface area contributed by atoms with Gasteiger partial charge in [0.05, 0.1) is 13.2 Å². The molecule has 0 aliphatic carbocycles. The summed E-state index contributed by atoms with van der Waals surface area (Å²) in [7, 11) is -3.53. The van der Waals surface area contributed by atoms with E-state index in [1.807, 2.05) is 37.3 Å². The first-order valence-corrected chi connectivity index (χ1v) is 12.8. The van der Waals surface area contributed by atoms with E-state index < -0.39 is 15.7 Å². The molecule has 0 aliphatic heterocycles. The molecule has 0 fully saturated rings. The van der Waals surface area contributed by atoms with E-state index in [-0.39, 0.29) is 15.0 Å². The van der Waals surface area contributed by atoms with Crippen molar-refractivity contribution in [2.45, 2.75) is 17.7 Å². The van der Waals surface area contributed by atoms with Crippen molar-refractivity contribution < 1.29 is 22.7 Å². The topological polar surface area (TPSA) is 131 Å². The lowest BCUT2D eigenvalue weighted by Crippen LogP contribution is -2.13. The van der Waals surface area contributed by atoms with Gasteiger partial charge < -0.3 is 9.47 Å². The minimum Gasteiger partial charge on any atom is -0.493 e. The van der Waals surface area contributed by atoms with Crippen LogP contribution in [0.3, 0.4) is 0 Å². The number of hydrogen-bond acceptors (Lipinski definition) is 9. The first-order chi connectivity index (χ1) is 16.3. The summed E-state index contributed by atoms with van der Waals surface area (Å²) in [5.74, 6) is 0.795. The van der Waals surface area contributed by atoms with E-state index in [2.05, 4.69) is 15.5 Å². The first kappa shape index (κ1) is 24.9. The lowest BCUT2D eigenvalue weighted by molar-refractivity contribution is -0.112. The van der Waals surface area contributed by atoms with Crippen molar-refractivity contribution in [3.05, 3.63) is 65.2 Å². The molecule has 34 heavy (non-hydrogen) atoms. The van der Waals surface area contributed by atoms with Crippen LogP contribution in [0.15, 0.2) is 58.4 Å². The molecule has 9 nitrogen and oxygen atoms in total. The van der Waals surface area contributed by atoms with E-state index in [9.17, 15) is 18.5 Å². The van der Waals surface area contributed by atoms with Crippen LogP contribution < -0.4 is 14.8 Å². The summed E-state index contributed by atoms with van der Waals surface area (Å²) in [4.78, 5) is 12.4. The molecule has 0 saturated heterocycles. The Morgan fingerprint density at radius 1 is 1.12 bits per heavy atom. The lowest BCUT2D eigenvalue weighted by atomic mass is 10.1. The summed E-state index contributed by atoms with van der Waals surface area (Å²) >= 11 is 0.710. The number of hydrogen-bond donors (Lipinski definition) is 1. The lowest BCUT2D eigenvalue weighted by Gasteiger charge is -2.10. The van der Waals surface area contributed by atoms with E-state index >= 15 is 0 Å². The van der Waals surface area contributed by atoms with Crippen LogP contribution in [0.4, 0.5) is 5.13 Å². The number of benzene rings is 2. The minimum atomic E-state index is -3.53. The molecular formula is C23H22N4O5S2. The van der Waals surface area contributed by atoms with Crippen LogP contribution in [-0.4, -0.2) is 44.0 Å². The maximum Gasteiger partial charge on any atom is 0.268 e. The SMILES string of the molecule is Cc1ccccc1OCCCOc1ccc(C=C(C#N)C(=O)Nc2nnc(S(C)(=O)=O)s2)cc1.